The van der Waals surface area contributed by atoms with Crippen LogP contribution in [0.2, 0.25) is 0 Å². The molecule has 0 aliphatic heterocycles. The number of nitrogens with zero attached hydrogens (tertiary/aromatic N) is 1. The van der Waals surface area contributed by atoms with Gasteiger partial charge in [0.25, 0.3) is 0 Å². The van der Waals surface area contributed by atoms with Crippen LogP contribution < -0.4 is 10.6 Å². The lowest BCUT2D eigenvalue weighted by atomic mass is 9.99. The first kappa shape index (κ1) is 14.0. The number of imidazole rings is 1. The molecule has 0 radical (unpaired) electrons. The molecule has 0 fully saturated rings. The third kappa shape index (κ3) is 4.08. The highest BCUT2D eigenvalue weighted by Gasteiger charge is 2.25. The molecule has 1 aromatic heterocycles. The average molecular weight is 254 g/mol. The molecule has 0 aromatic carbocycles. The highest BCUT2D eigenvalue weighted by atomic mass is 16.4. The van der Waals surface area contributed by atoms with Gasteiger partial charge >= 0.3 is 12.0 Å². The number of carboxylic acid groups (broad SMARTS) is 1. The van der Waals surface area contributed by atoms with Crippen molar-refractivity contribution in [1.82, 2.24) is 20.6 Å². The molecule has 1 unspecified atom stereocenters. The lowest BCUT2D eigenvalue weighted by Crippen LogP contribution is -2.48. The second kappa shape index (κ2) is 6.63. The predicted molar refractivity (Wildman–Crippen MR) is 64.8 cm³/mol. The maximum Gasteiger partial charge on any atom is 0.326 e. The van der Waals surface area contributed by atoms with Gasteiger partial charge in [-0.1, -0.05) is 20.3 Å². The first-order chi connectivity index (χ1) is 8.54. The number of aromatic nitrogens is 2. The van der Waals surface area contributed by atoms with Crippen molar-refractivity contribution in [3.63, 3.8) is 0 Å². The van der Waals surface area contributed by atoms with Crippen LogP contribution in [-0.2, 0) is 11.3 Å². The monoisotopic (exact) mass is 254 g/mol. The summed E-state index contributed by atoms with van der Waals surface area (Å²) in [4.78, 5) is 29.3. The van der Waals surface area contributed by atoms with Crippen molar-refractivity contribution in [3.8, 4) is 0 Å². The quantitative estimate of drug-likeness (QED) is 0.599. The van der Waals surface area contributed by atoms with E-state index in [1.54, 1.807) is 19.3 Å². The smallest absolute Gasteiger partial charge is 0.326 e. The Labute approximate surface area is 105 Å². The number of aromatic amines is 1. The van der Waals surface area contributed by atoms with Gasteiger partial charge in [-0.15, -0.1) is 0 Å². The van der Waals surface area contributed by atoms with E-state index in [1.807, 2.05) is 6.92 Å². The lowest BCUT2D eigenvalue weighted by molar-refractivity contribution is -0.140. The van der Waals surface area contributed by atoms with Crippen molar-refractivity contribution in [1.29, 1.82) is 0 Å². The van der Waals surface area contributed by atoms with Gasteiger partial charge in [0.15, 0.2) is 0 Å². The van der Waals surface area contributed by atoms with Crippen molar-refractivity contribution in [2.45, 2.75) is 32.9 Å². The second-order valence-corrected chi connectivity index (χ2v) is 4.06. The lowest BCUT2D eigenvalue weighted by Gasteiger charge is -2.20. The fourth-order valence-electron chi connectivity index (χ4n) is 1.43. The third-order valence-corrected chi connectivity index (χ3v) is 2.74. The molecular formula is C11H18N4O3. The minimum Gasteiger partial charge on any atom is -0.480 e. The van der Waals surface area contributed by atoms with E-state index < -0.39 is 18.0 Å². The van der Waals surface area contributed by atoms with Gasteiger partial charge in [-0.3, -0.25) is 0 Å². The number of amides is 2. The van der Waals surface area contributed by atoms with E-state index in [0.29, 0.717) is 12.2 Å². The summed E-state index contributed by atoms with van der Waals surface area (Å²) in [5.41, 5.74) is 0. The van der Waals surface area contributed by atoms with E-state index in [-0.39, 0.29) is 12.5 Å². The Morgan fingerprint density at radius 3 is 2.78 bits per heavy atom. The van der Waals surface area contributed by atoms with Crippen LogP contribution in [0.1, 0.15) is 26.1 Å². The Balaban J connectivity index is 2.44. The van der Waals surface area contributed by atoms with E-state index >= 15 is 0 Å². The van der Waals surface area contributed by atoms with Crippen LogP contribution >= 0.6 is 0 Å². The number of carbonyl (C=O) groups is 2. The molecule has 0 aliphatic carbocycles. The molecule has 1 heterocycles. The van der Waals surface area contributed by atoms with Crippen LogP contribution in [0, 0.1) is 5.92 Å². The molecule has 0 aliphatic rings. The highest BCUT2D eigenvalue weighted by Crippen LogP contribution is 2.07. The number of rotatable bonds is 6. The van der Waals surface area contributed by atoms with E-state index in [9.17, 15) is 9.59 Å². The van der Waals surface area contributed by atoms with E-state index in [1.165, 1.54) is 0 Å². The zero-order valence-electron chi connectivity index (χ0n) is 10.4. The van der Waals surface area contributed by atoms with Crippen LogP contribution in [0.4, 0.5) is 4.79 Å². The van der Waals surface area contributed by atoms with Gasteiger partial charge in [0.2, 0.25) is 0 Å². The molecule has 0 spiro atoms. The molecule has 0 saturated heterocycles. The largest absolute Gasteiger partial charge is 0.480 e. The number of urea groups is 1. The van der Waals surface area contributed by atoms with Crippen LogP contribution in [0.5, 0.6) is 0 Å². The zero-order valence-corrected chi connectivity index (χ0v) is 10.4. The van der Waals surface area contributed by atoms with Gasteiger partial charge in [-0.05, 0) is 5.92 Å². The fourth-order valence-corrected chi connectivity index (χ4v) is 1.43. The van der Waals surface area contributed by atoms with Gasteiger partial charge in [0.05, 0.1) is 6.54 Å². The van der Waals surface area contributed by atoms with E-state index in [4.69, 9.17) is 5.11 Å². The van der Waals surface area contributed by atoms with Crippen LogP contribution in [0.25, 0.3) is 0 Å². The van der Waals surface area contributed by atoms with Crippen LogP contribution in [-0.4, -0.2) is 33.1 Å². The zero-order chi connectivity index (χ0) is 13.5. The van der Waals surface area contributed by atoms with Crippen LogP contribution in [0.15, 0.2) is 12.4 Å². The van der Waals surface area contributed by atoms with Gasteiger partial charge in [0, 0.05) is 12.4 Å². The molecule has 1 rings (SSSR count). The molecule has 2 amide bonds. The molecule has 2 atom stereocenters. The highest BCUT2D eigenvalue weighted by molar-refractivity contribution is 5.82. The van der Waals surface area contributed by atoms with Gasteiger partial charge < -0.3 is 20.7 Å². The van der Waals surface area contributed by atoms with Crippen molar-refractivity contribution >= 4 is 12.0 Å². The number of aliphatic carboxylic acids is 1. The number of H-pyrrole nitrogens is 1. The van der Waals surface area contributed by atoms with Gasteiger partial charge in [-0.25, -0.2) is 14.6 Å². The molecule has 4 N–H and O–H groups in total. The molecule has 0 bridgehead atoms. The Hall–Kier alpha value is -2.05. The first-order valence-electron chi connectivity index (χ1n) is 5.80. The number of hydrogen-bond donors (Lipinski definition) is 4. The summed E-state index contributed by atoms with van der Waals surface area (Å²) in [6.07, 6.45) is 3.90. The van der Waals surface area contributed by atoms with Crippen LogP contribution in [0.3, 0.4) is 0 Å². The van der Waals surface area contributed by atoms with Crippen molar-refractivity contribution < 1.29 is 14.7 Å². The van der Waals surface area contributed by atoms with E-state index in [0.717, 1.165) is 0 Å². The second-order valence-electron chi connectivity index (χ2n) is 4.06. The summed E-state index contributed by atoms with van der Waals surface area (Å²) in [5, 5.41) is 14.0. The predicted octanol–water partition coefficient (Wildman–Crippen LogP) is 0.708. The standard InChI is InChI=1S/C11H18N4O3/c1-3-7(2)9(10(16)17)15-11(18)14-6-8-12-4-5-13-8/h4-5,7,9H,3,6H2,1-2H3,(H,12,13)(H,16,17)(H2,14,15,18)/t7?,9-/m0/s1. The summed E-state index contributed by atoms with van der Waals surface area (Å²) in [6, 6.07) is -1.40. The Morgan fingerprint density at radius 2 is 2.28 bits per heavy atom. The number of hydrogen-bond acceptors (Lipinski definition) is 3. The van der Waals surface area contributed by atoms with E-state index in [2.05, 4.69) is 20.6 Å². The summed E-state index contributed by atoms with van der Waals surface area (Å²) in [6.45, 7) is 3.89. The first-order valence-corrected chi connectivity index (χ1v) is 5.80. The number of carbonyl (C=O) groups excluding carboxylic acids is 1. The molecule has 7 heteroatoms. The average Bonchev–Trinajstić information content (AvgIpc) is 2.85. The summed E-state index contributed by atoms with van der Waals surface area (Å²) >= 11 is 0. The Bertz CT molecular complexity index is 391. The minimum atomic E-state index is -1.03. The summed E-state index contributed by atoms with van der Waals surface area (Å²) in [5.74, 6) is -0.546. The van der Waals surface area contributed by atoms with Crippen molar-refractivity contribution in [2.75, 3.05) is 0 Å². The molecular weight excluding hydrogens is 236 g/mol. The third-order valence-electron chi connectivity index (χ3n) is 2.74. The Kier molecular flexibility index (Phi) is 5.16. The van der Waals surface area contributed by atoms with Crippen molar-refractivity contribution in [3.05, 3.63) is 18.2 Å². The molecule has 100 valence electrons. The SMILES string of the molecule is CCC(C)[C@H](NC(=O)NCc1ncc[nH]1)C(=O)O. The molecule has 18 heavy (non-hydrogen) atoms. The normalized spacial score (nSPS) is 13.7. The van der Waals surface area contributed by atoms with Gasteiger partial charge in [0.1, 0.15) is 11.9 Å². The topological polar surface area (TPSA) is 107 Å². The number of nitrogens with one attached hydrogen (secondary N) is 3. The summed E-state index contributed by atoms with van der Waals surface area (Å²) in [7, 11) is 0. The fraction of sp³-hybridized carbons (Fsp3) is 0.545. The maximum absolute atomic E-state index is 11.5. The maximum atomic E-state index is 11.5. The van der Waals surface area contributed by atoms with Gasteiger partial charge in [-0.2, -0.15) is 0 Å². The summed E-state index contributed by atoms with van der Waals surface area (Å²) < 4.78 is 0. The number of carboxylic acids is 1. The minimum absolute atomic E-state index is 0.128. The Morgan fingerprint density at radius 1 is 1.56 bits per heavy atom. The molecule has 7 nitrogen and oxygen atoms in total. The molecule has 1 aromatic rings. The molecule has 0 saturated carbocycles. The van der Waals surface area contributed by atoms with Crippen molar-refractivity contribution in [2.24, 2.45) is 5.92 Å².